The van der Waals surface area contributed by atoms with E-state index in [1.165, 1.54) is 77.1 Å². The number of anilines is 3. The molecule has 0 spiro atoms. The van der Waals surface area contributed by atoms with Crippen molar-refractivity contribution in [1.82, 2.24) is 4.98 Å². The first kappa shape index (κ1) is 29.5. The summed E-state index contributed by atoms with van der Waals surface area (Å²) >= 11 is 0. The topological polar surface area (TPSA) is 19.0 Å². The molecule has 0 fully saturated rings. The van der Waals surface area contributed by atoms with Crippen LogP contribution < -0.4 is 4.90 Å². The predicted octanol–water partition coefficient (Wildman–Crippen LogP) is 13.6. The number of fused-ring (bicyclic) bond motifs is 7. The lowest BCUT2D eigenvalue weighted by atomic mass is 9.82. The summed E-state index contributed by atoms with van der Waals surface area (Å²) in [6.45, 7) is 4.74. The van der Waals surface area contributed by atoms with Crippen LogP contribution in [0.25, 0.3) is 66.0 Å². The molecular formula is C49H36N2. The minimum Gasteiger partial charge on any atom is -0.354 e. The Hall–Kier alpha value is -6.38. The Morgan fingerprint density at radius 3 is 1.94 bits per heavy atom. The fraction of sp³-hybridized carbons (Fsp3) is 0.0612. The highest BCUT2D eigenvalue weighted by Crippen LogP contribution is 2.54. The van der Waals surface area contributed by atoms with Gasteiger partial charge in [-0.05, 0) is 92.2 Å². The molecule has 1 aromatic heterocycles. The van der Waals surface area contributed by atoms with Crippen LogP contribution in [0.3, 0.4) is 0 Å². The second kappa shape index (κ2) is 11.3. The molecule has 1 aliphatic rings. The highest BCUT2D eigenvalue weighted by atomic mass is 15.1. The van der Waals surface area contributed by atoms with Crippen LogP contribution in [0.2, 0.25) is 0 Å². The molecule has 242 valence electrons. The molecule has 1 aliphatic carbocycles. The van der Waals surface area contributed by atoms with Gasteiger partial charge >= 0.3 is 0 Å². The van der Waals surface area contributed by atoms with Crippen LogP contribution >= 0.6 is 0 Å². The number of nitrogens with one attached hydrogen (secondary N) is 1. The number of hydrogen-bond donors (Lipinski definition) is 1. The normalized spacial score (nSPS) is 13.1. The second-order valence-electron chi connectivity index (χ2n) is 14.3. The summed E-state index contributed by atoms with van der Waals surface area (Å²) in [6.07, 6.45) is 0. The van der Waals surface area contributed by atoms with Crippen molar-refractivity contribution in [3.63, 3.8) is 0 Å². The number of nitrogens with zero attached hydrogens (tertiary/aromatic N) is 1. The van der Waals surface area contributed by atoms with Crippen molar-refractivity contribution in [2.75, 3.05) is 4.90 Å². The smallest absolute Gasteiger partial charge is 0.0544 e. The minimum absolute atomic E-state index is 0.140. The Morgan fingerprint density at radius 1 is 0.431 bits per heavy atom. The van der Waals surface area contributed by atoms with E-state index in [1.807, 2.05) is 0 Å². The molecule has 0 aliphatic heterocycles. The Morgan fingerprint density at radius 2 is 1.08 bits per heavy atom. The third-order valence-electron chi connectivity index (χ3n) is 11.0. The molecule has 10 rings (SSSR count). The van der Waals surface area contributed by atoms with Crippen LogP contribution in [0.4, 0.5) is 17.1 Å². The van der Waals surface area contributed by atoms with E-state index < -0.39 is 0 Å². The van der Waals surface area contributed by atoms with Gasteiger partial charge in [0.15, 0.2) is 0 Å². The molecule has 0 bridgehead atoms. The standard InChI is InChI=1S/C49H36N2/c1-49(2)44-29-28-38(31-43(44)47-40(17-11-20-45(47)49)42-19-10-18-41-39-16-8-9-21-46(39)50-48(41)42)51(37-27-24-33-14-6-7-15-35(33)30-37)36-25-22-34(23-26-36)32-12-4-3-5-13-32/h3-31,50H,1-2H3. The first-order chi connectivity index (χ1) is 25.0. The Kier molecular flexibility index (Phi) is 6.56. The van der Waals surface area contributed by atoms with Crippen LogP contribution in [0, 0.1) is 0 Å². The summed E-state index contributed by atoms with van der Waals surface area (Å²) in [4.78, 5) is 6.19. The number of hydrogen-bond acceptors (Lipinski definition) is 1. The molecule has 0 atom stereocenters. The maximum absolute atomic E-state index is 3.78. The quantitative estimate of drug-likeness (QED) is 0.196. The van der Waals surface area contributed by atoms with E-state index in [0.717, 1.165) is 17.1 Å². The molecule has 1 N–H and O–H groups in total. The van der Waals surface area contributed by atoms with Gasteiger partial charge in [-0.2, -0.15) is 0 Å². The Balaban J connectivity index is 1.18. The number of para-hydroxylation sites is 2. The first-order valence-corrected chi connectivity index (χ1v) is 17.8. The van der Waals surface area contributed by atoms with Crippen molar-refractivity contribution in [3.05, 3.63) is 187 Å². The van der Waals surface area contributed by atoms with Gasteiger partial charge in [-0.15, -0.1) is 0 Å². The first-order valence-electron chi connectivity index (χ1n) is 17.8. The Bertz CT molecular complexity index is 2770. The van der Waals surface area contributed by atoms with Crippen molar-refractivity contribution in [3.8, 4) is 33.4 Å². The molecule has 1 heterocycles. The van der Waals surface area contributed by atoms with Gasteiger partial charge in [0.2, 0.25) is 0 Å². The molecule has 51 heavy (non-hydrogen) atoms. The number of H-pyrrole nitrogens is 1. The zero-order valence-corrected chi connectivity index (χ0v) is 28.7. The van der Waals surface area contributed by atoms with Crippen molar-refractivity contribution in [2.45, 2.75) is 19.3 Å². The Labute approximate surface area is 298 Å². The minimum atomic E-state index is -0.140. The van der Waals surface area contributed by atoms with Gasteiger partial charge in [0.1, 0.15) is 0 Å². The van der Waals surface area contributed by atoms with Gasteiger partial charge in [0.25, 0.3) is 0 Å². The molecule has 0 unspecified atom stereocenters. The summed E-state index contributed by atoms with van der Waals surface area (Å²) in [5.74, 6) is 0. The third kappa shape index (κ3) is 4.64. The summed E-state index contributed by atoms with van der Waals surface area (Å²) in [7, 11) is 0. The molecule has 0 radical (unpaired) electrons. The molecule has 8 aromatic carbocycles. The monoisotopic (exact) mass is 652 g/mol. The van der Waals surface area contributed by atoms with Gasteiger partial charge in [-0.1, -0.05) is 147 Å². The van der Waals surface area contributed by atoms with E-state index in [1.54, 1.807) is 0 Å². The van der Waals surface area contributed by atoms with E-state index >= 15 is 0 Å². The molecule has 2 nitrogen and oxygen atoms in total. The van der Waals surface area contributed by atoms with Gasteiger partial charge < -0.3 is 9.88 Å². The largest absolute Gasteiger partial charge is 0.354 e. The molecular weight excluding hydrogens is 617 g/mol. The summed E-state index contributed by atoms with van der Waals surface area (Å²) in [5, 5.41) is 4.98. The number of benzene rings is 8. The SMILES string of the molecule is CC1(C)c2ccc(N(c3ccc(-c4ccccc4)cc3)c3ccc4ccccc4c3)cc2-c2c(-c3cccc4c3[nH]c3ccccc34)cccc21. The maximum Gasteiger partial charge on any atom is 0.0544 e. The fourth-order valence-corrected chi connectivity index (χ4v) is 8.45. The lowest BCUT2D eigenvalue weighted by Gasteiger charge is -2.27. The van der Waals surface area contributed by atoms with Crippen molar-refractivity contribution in [1.29, 1.82) is 0 Å². The van der Waals surface area contributed by atoms with E-state index in [4.69, 9.17) is 0 Å². The lowest BCUT2D eigenvalue weighted by Crippen LogP contribution is -2.15. The molecule has 0 saturated heterocycles. The second-order valence-corrected chi connectivity index (χ2v) is 14.3. The van der Waals surface area contributed by atoms with Crippen LogP contribution in [0.1, 0.15) is 25.0 Å². The maximum atomic E-state index is 3.78. The van der Waals surface area contributed by atoms with Crippen molar-refractivity contribution in [2.24, 2.45) is 0 Å². The number of rotatable bonds is 5. The van der Waals surface area contributed by atoms with Gasteiger partial charge in [0, 0.05) is 44.3 Å². The van der Waals surface area contributed by atoms with Crippen LogP contribution in [-0.2, 0) is 5.41 Å². The van der Waals surface area contributed by atoms with Crippen molar-refractivity contribution < 1.29 is 0 Å². The number of aromatic amines is 1. The van der Waals surface area contributed by atoms with Crippen molar-refractivity contribution >= 4 is 49.6 Å². The zero-order valence-electron chi connectivity index (χ0n) is 28.7. The fourth-order valence-electron chi connectivity index (χ4n) is 8.45. The molecule has 0 saturated carbocycles. The predicted molar refractivity (Wildman–Crippen MR) is 216 cm³/mol. The molecule has 2 heteroatoms. The van der Waals surface area contributed by atoms with E-state index in [-0.39, 0.29) is 5.41 Å². The van der Waals surface area contributed by atoms with Gasteiger partial charge in [-0.3, -0.25) is 0 Å². The summed E-state index contributed by atoms with van der Waals surface area (Å²) < 4.78 is 0. The average Bonchev–Trinajstić information content (AvgIpc) is 3.67. The highest BCUT2D eigenvalue weighted by molar-refractivity contribution is 6.13. The van der Waals surface area contributed by atoms with E-state index in [2.05, 4.69) is 200 Å². The van der Waals surface area contributed by atoms with Gasteiger partial charge in [0.05, 0.1) is 5.52 Å². The third-order valence-corrected chi connectivity index (χ3v) is 11.0. The average molecular weight is 653 g/mol. The summed E-state index contributed by atoms with van der Waals surface area (Å²) in [6, 6.07) is 64.3. The number of aromatic nitrogens is 1. The van der Waals surface area contributed by atoms with Crippen LogP contribution in [0.15, 0.2) is 176 Å². The highest BCUT2D eigenvalue weighted by Gasteiger charge is 2.37. The lowest BCUT2D eigenvalue weighted by molar-refractivity contribution is 0.660. The van der Waals surface area contributed by atoms with E-state index in [0.29, 0.717) is 0 Å². The van der Waals surface area contributed by atoms with Crippen LogP contribution in [0.5, 0.6) is 0 Å². The zero-order chi connectivity index (χ0) is 34.1. The van der Waals surface area contributed by atoms with E-state index in [9.17, 15) is 0 Å². The molecule has 9 aromatic rings. The van der Waals surface area contributed by atoms with Crippen LogP contribution in [-0.4, -0.2) is 4.98 Å². The summed E-state index contributed by atoms with van der Waals surface area (Å²) in [5.41, 5.74) is 15.9. The van der Waals surface area contributed by atoms with Gasteiger partial charge in [-0.25, -0.2) is 0 Å². The molecule has 0 amide bonds.